The molecule has 0 spiro atoms. The minimum atomic E-state index is 0.482. The van der Waals surface area contributed by atoms with Crippen LogP contribution in [0.4, 0.5) is 0 Å². The van der Waals surface area contributed by atoms with E-state index in [0.29, 0.717) is 5.88 Å². The summed E-state index contributed by atoms with van der Waals surface area (Å²) < 4.78 is 1.88. The fourth-order valence-electron chi connectivity index (χ4n) is 1.44. The second-order valence-electron chi connectivity index (χ2n) is 3.16. The molecule has 0 aliphatic heterocycles. The molecule has 1 aromatic heterocycles. The van der Waals surface area contributed by atoms with Crippen molar-refractivity contribution < 1.29 is 0 Å². The van der Waals surface area contributed by atoms with Crippen molar-refractivity contribution in [1.29, 1.82) is 0 Å². The normalized spacial score (nSPS) is 10.4. The van der Waals surface area contributed by atoms with Gasteiger partial charge in [0.05, 0.1) is 23.0 Å². The Hall–Kier alpha value is -1.28. The average molecular weight is 207 g/mol. The molecule has 2 aromatic rings. The zero-order valence-corrected chi connectivity index (χ0v) is 8.70. The summed E-state index contributed by atoms with van der Waals surface area (Å²) in [6.45, 7) is 1.97. The maximum absolute atomic E-state index is 5.83. The van der Waals surface area contributed by atoms with Gasteiger partial charge in [-0.2, -0.15) is 5.10 Å². The summed E-state index contributed by atoms with van der Waals surface area (Å²) in [5, 5.41) is 4.38. The Morgan fingerprint density at radius 1 is 1.29 bits per heavy atom. The number of aryl methyl sites for hydroxylation is 1. The van der Waals surface area contributed by atoms with E-state index in [-0.39, 0.29) is 0 Å². The highest BCUT2D eigenvalue weighted by Crippen LogP contribution is 2.13. The lowest BCUT2D eigenvalue weighted by Crippen LogP contribution is -1.99. The lowest BCUT2D eigenvalue weighted by Gasteiger charge is -2.03. The lowest BCUT2D eigenvalue weighted by molar-refractivity contribution is 0.828. The van der Waals surface area contributed by atoms with Crippen molar-refractivity contribution in [3.05, 3.63) is 47.8 Å². The Balaban J connectivity index is 2.51. The van der Waals surface area contributed by atoms with Crippen LogP contribution >= 0.6 is 11.6 Å². The number of aromatic nitrogens is 2. The van der Waals surface area contributed by atoms with Gasteiger partial charge in [-0.25, -0.2) is 4.68 Å². The summed E-state index contributed by atoms with van der Waals surface area (Å²) in [6.07, 6.45) is 0. The molecule has 1 aromatic carbocycles. The molecule has 72 valence electrons. The van der Waals surface area contributed by atoms with Crippen LogP contribution in [0.1, 0.15) is 11.4 Å². The molecule has 3 heteroatoms. The van der Waals surface area contributed by atoms with Crippen molar-refractivity contribution in [3.8, 4) is 5.69 Å². The van der Waals surface area contributed by atoms with E-state index in [0.717, 1.165) is 17.1 Å². The third-order valence-corrected chi connectivity index (χ3v) is 2.32. The van der Waals surface area contributed by atoms with Gasteiger partial charge in [0.25, 0.3) is 0 Å². The summed E-state index contributed by atoms with van der Waals surface area (Å²) in [4.78, 5) is 0. The Kier molecular flexibility index (Phi) is 2.55. The first kappa shape index (κ1) is 9.28. The van der Waals surface area contributed by atoms with E-state index in [9.17, 15) is 0 Å². The Bertz CT molecular complexity index is 420. The van der Waals surface area contributed by atoms with Gasteiger partial charge in [-0.3, -0.25) is 0 Å². The maximum Gasteiger partial charge on any atom is 0.0649 e. The van der Waals surface area contributed by atoms with Gasteiger partial charge in [-0.15, -0.1) is 11.6 Å². The molecule has 0 atom stereocenters. The lowest BCUT2D eigenvalue weighted by atomic mass is 10.3. The zero-order chi connectivity index (χ0) is 9.97. The molecule has 0 aliphatic rings. The third-order valence-electron chi connectivity index (χ3n) is 2.04. The SMILES string of the molecule is Cc1cc(CCl)n(-c2ccccc2)n1. The van der Waals surface area contributed by atoms with E-state index in [1.165, 1.54) is 0 Å². The van der Waals surface area contributed by atoms with Crippen molar-refractivity contribution in [3.63, 3.8) is 0 Å². The van der Waals surface area contributed by atoms with Crippen LogP contribution in [0, 0.1) is 6.92 Å². The van der Waals surface area contributed by atoms with Crippen LogP contribution in [-0.4, -0.2) is 9.78 Å². The van der Waals surface area contributed by atoms with E-state index < -0.39 is 0 Å². The first-order valence-electron chi connectivity index (χ1n) is 4.48. The number of hydrogen-bond donors (Lipinski definition) is 0. The van der Waals surface area contributed by atoms with Crippen molar-refractivity contribution >= 4 is 11.6 Å². The molecule has 14 heavy (non-hydrogen) atoms. The summed E-state index contributed by atoms with van der Waals surface area (Å²) in [6, 6.07) is 12.0. The molecule has 0 amide bonds. The number of hydrogen-bond acceptors (Lipinski definition) is 1. The highest BCUT2D eigenvalue weighted by molar-refractivity contribution is 6.16. The van der Waals surface area contributed by atoms with Gasteiger partial charge in [-0.1, -0.05) is 18.2 Å². The summed E-state index contributed by atoms with van der Waals surface area (Å²) >= 11 is 5.83. The van der Waals surface area contributed by atoms with E-state index in [1.807, 2.05) is 48.0 Å². The Labute approximate surface area is 88.1 Å². The van der Waals surface area contributed by atoms with Crippen molar-refractivity contribution in [2.45, 2.75) is 12.8 Å². The fraction of sp³-hybridized carbons (Fsp3) is 0.182. The zero-order valence-electron chi connectivity index (χ0n) is 7.94. The maximum atomic E-state index is 5.83. The predicted molar refractivity (Wildman–Crippen MR) is 57.9 cm³/mol. The van der Waals surface area contributed by atoms with E-state index >= 15 is 0 Å². The van der Waals surface area contributed by atoms with Crippen LogP contribution in [0.15, 0.2) is 36.4 Å². The molecule has 1 heterocycles. The summed E-state index contributed by atoms with van der Waals surface area (Å²) in [7, 11) is 0. The average Bonchev–Trinajstić information content (AvgIpc) is 2.61. The van der Waals surface area contributed by atoms with Gasteiger partial charge in [0, 0.05) is 0 Å². The number of rotatable bonds is 2. The molecule has 2 nitrogen and oxygen atoms in total. The van der Waals surface area contributed by atoms with Crippen LogP contribution in [-0.2, 0) is 5.88 Å². The molecule has 0 unspecified atom stereocenters. The van der Waals surface area contributed by atoms with Crippen molar-refractivity contribution in [2.24, 2.45) is 0 Å². The van der Waals surface area contributed by atoms with Gasteiger partial charge in [0.2, 0.25) is 0 Å². The van der Waals surface area contributed by atoms with Crippen LogP contribution in [0.3, 0.4) is 0 Å². The fourth-order valence-corrected chi connectivity index (χ4v) is 1.63. The number of nitrogens with zero attached hydrogens (tertiary/aromatic N) is 2. The topological polar surface area (TPSA) is 17.8 Å². The molecule has 0 aliphatic carbocycles. The summed E-state index contributed by atoms with van der Waals surface area (Å²) in [5.74, 6) is 0.482. The third kappa shape index (κ3) is 1.66. The van der Waals surface area contributed by atoms with Gasteiger partial charge in [-0.05, 0) is 25.1 Å². The van der Waals surface area contributed by atoms with Crippen LogP contribution in [0.25, 0.3) is 5.69 Å². The summed E-state index contributed by atoms with van der Waals surface area (Å²) in [5.41, 5.74) is 3.07. The van der Waals surface area contributed by atoms with Crippen LogP contribution in [0.2, 0.25) is 0 Å². The standard InChI is InChI=1S/C11H11ClN2/c1-9-7-11(8-12)14(13-9)10-5-3-2-4-6-10/h2-7H,8H2,1H3. The van der Waals surface area contributed by atoms with Gasteiger partial charge in [0.15, 0.2) is 0 Å². The smallest absolute Gasteiger partial charge is 0.0649 e. The monoisotopic (exact) mass is 206 g/mol. The largest absolute Gasteiger partial charge is 0.236 e. The molecular formula is C11H11ClN2. The number of halogens is 1. The first-order valence-corrected chi connectivity index (χ1v) is 5.01. The minimum absolute atomic E-state index is 0.482. The first-order chi connectivity index (χ1) is 6.81. The van der Waals surface area contributed by atoms with Gasteiger partial charge in [0.1, 0.15) is 0 Å². The Morgan fingerprint density at radius 2 is 2.00 bits per heavy atom. The Morgan fingerprint density at radius 3 is 2.64 bits per heavy atom. The molecule has 0 saturated carbocycles. The van der Waals surface area contributed by atoms with Gasteiger partial charge >= 0.3 is 0 Å². The van der Waals surface area contributed by atoms with Crippen LogP contribution < -0.4 is 0 Å². The second kappa shape index (κ2) is 3.84. The molecular weight excluding hydrogens is 196 g/mol. The molecule has 0 radical (unpaired) electrons. The number of alkyl halides is 1. The molecule has 0 bridgehead atoms. The van der Waals surface area contributed by atoms with Crippen LogP contribution in [0.5, 0.6) is 0 Å². The van der Waals surface area contributed by atoms with E-state index in [2.05, 4.69) is 5.10 Å². The van der Waals surface area contributed by atoms with E-state index in [4.69, 9.17) is 11.6 Å². The van der Waals surface area contributed by atoms with Gasteiger partial charge < -0.3 is 0 Å². The highest BCUT2D eigenvalue weighted by Gasteiger charge is 2.05. The molecule has 0 saturated heterocycles. The van der Waals surface area contributed by atoms with Crippen molar-refractivity contribution in [1.82, 2.24) is 9.78 Å². The molecule has 0 fully saturated rings. The van der Waals surface area contributed by atoms with E-state index in [1.54, 1.807) is 0 Å². The predicted octanol–water partition coefficient (Wildman–Crippen LogP) is 2.92. The van der Waals surface area contributed by atoms with Crippen molar-refractivity contribution in [2.75, 3.05) is 0 Å². The molecule has 2 rings (SSSR count). The quantitative estimate of drug-likeness (QED) is 0.691. The molecule has 0 N–H and O–H groups in total. The minimum Gasteiger partial charge on any atom is -0.236 e. The second-order valence-corrected chi connectivity index (χ2v) is 3.43. The highest BCUT2D eigenvalue weighted by atomic mass is 35.5. The number of para-hydroxylation sites is 1. The number of benzene rings is 1.